The third-order valence-corrected chi connectivity index (χ3v) is 9.46. The van der Waals surface area contributed by atoms with Gasteiger partial charge in [-0.3, -0.25) is 5.04 Å². The first-order valence-corrected chi connectivity index (χ1v) is 19.1. The number of aromatic nitrogens is 2. The first-order chi connectivity index (χ1) is 25.3. The van der Waals surface area contributed by atoms with Crippen LogP contribution in [0.25, 0.3) is 10.8 Å². The van der Waals surface area contributed by atoms with Crippen LogP contribution in [0.3, 0.4) is 0 Å². The number of phenolic OH excluding ortho intramolecular Hbond substituents is 1. The minimum absolute atomic E-state index is 0. The van der Waals surface area contributed by atoms with Gasteiger partial charge in [0.1, 0.15) is 59.1 Å². The number of phenols is 1. The van der Waals surface area contributed by atoms with E-state index < -0.39 is 81.0 Å². The number of hydrogen-bond donors (Lipinski definition) is 3. The zero-order valence-electron chi connectivity index (χ0n) is 30.0. The number of nitrogens with one attached hydrogen (secondary N) is 2. The molecule has 0 saturated carbocycles. The van der Waals surface area contributed by atoms with Crippen molar-refractivity contribution in [3.63, 3.8) is 0 Å². The quantitative estimate of drug-likeness (QED) is 0.0136. The van der Waals surface area contributed by atoms with Gasteiger partial charge in [-0.15, -0.1) is 15.3 Å². The molecule has 3 N–H and O–H groups in total. The molecule has 0 atom stereocenters. The molecular formula is C27H16F2N8Na4O13S4. The van der Waals surface area contributed by atoms with Gasteiger partial charge < -0.3 is 34.7 Å². The van der Waals surface area contributed by atoms with E-state index in [2.05, 4.69) is 50.4 Å². The normalized spacial score (nSPS) is 11.7. The molecule has 58 heavy (non-hydrogen) atoms. The molecule has 0 aliphatic rings. The smallest absolute Gasteiger partial charge is 0.747 e. The van der Waals surface area contributed by atoms with Gasteiger partial charge in [0.05, 0.1) is 38.1 Å². The Morgan fingerprint density at radius 1 is 0.759 bits per heavy atom. The Balaban J connectivity index is 0.00000420. The van der Waals surface area contributed by atoms with E-state index in [0.29, 0.717) is 6.07 Å². The van der Waals surface area contributed by atoms with E-state index in [1.165, 1.54) is 6.07 Å². The Kier molecular flexibility index (Phi) is 21.9. The van der Waals surface area contributed by atoms with Crippen LogP contribution < -0.4 is 134 Å². The number of nitrogens with zero attached hydrogens (tertiary/aromatic N) is 6. The second-order valence-corrected chi connectivity index (χ2v) is 15.1. The first-order valence-electron chi connectivity index (χ1n) is 13.9. The fraction of sp³-hybridized carbons (Fsp3) is 0.0370. The molecule has 0 bridgehead atoms. The van der Waals surface area contributed by atoms with Crippen LogP contribution in [0.5, 0.6) is 5.75 Å². The van der Waals surface area contributed by atoms with Crippen LogP contribution in [0, 0.1) is 12.0 Å². The minimum Gasteiger partial charge on any atom is -0.747 e. The Hall–Kier alpha value is -1.36. The number of halogens is 2. The van der Waals surface area contributed by atoms with E-state index in [0.717, 1.165) is 54.6 Å². The van der Waals surface area contributed by atoms with Crippen LogP contribution >= 0.6 is 12.0 Å². The number of azo groups is 2. The van der Waals surface area contributed by atoms with Gasteiger partial charge in [0.15, 0.2) is 5.75 Å². The summed E-state index contributed by atoms with van der Waals surface area (Å²) in [5.41, 5.74) is -1.76. The molecule has 284 valence electrons. The van der Waals surface area contributed by atoms with Crippen molar-refractivity contribution in [3.8, 4) is 5.75 Å². The van der Waals surface area contributed by atoms with Gasteiger partial charge in [0, 0.05) is 22.5 Å². The van der Waals surface area contributed by atoms with Gasteiger partial charge in [-0.2, -0.15) is 28.2 Å². The second-order valence-electron chi connectivity index (χ2n) is 10.2. The number of hydrogen-bond acceptors (Lipinski definition) is 22. The van der Waals surface area contributed by atoms with E-state index in [1.807, 2.05) is 0 Å². The second kappa shape index (κ2) is 23.2. The molecule has 0 radical (unpaired) electrons. The van der Waals surface area contributed by atoms with Crippen molar-refractivity contribution in [1.82, 2.24) is 9.97 Å². The summed E-state index contributed by atoms with van der Waals surface area (Å²) in [4.78, 5) is 4.35. The molecule has 1 heterocycles. The third kappa shape index (κ3) is 14.9. The maximum absolute atomic E-state index is 13.6. The molecule has 1 aromatic heterocycles. The molecule has 0 saturated heterocycles. The van der Waals surface area contributed by atoms with Gasteiger partial charge in [0.2, 0.25) is 5.95 Å². The van der Waals surface area contributed by atoms with E-state index in [9.17, 15) is 58.1 Å². The van der Waals surface area contributed by atoms with E-state index >= 15 is 0 Å². The summed E-state index contributed by atoms with van der Waals surface area (Å²) in [5.74, 6) is -3.59. The van der Waals surface area contributed by atoms with Crippen LogP contribution in [0.2, 0.25) is 0 Å². The molecule has 21 nitrogen and oxygen atoms in total. The maximum atomic E-state index is 13.6. The van der Waals surface area contributed by atoms with Crippen molar-refractivity contribution in [1.29, 1.82) is 0 Å². The van der Waals surface area contributed by atoms with Crippen LogP contribution in [-0.2, 0) is 39.7 Å². The van der Waals surface area contributed by atoms with Crippen LogP contribution in [-0.4, -0.2) is 59.9 Å². The summed E-state index contributed by atoms with van der Waals surface area (Å²) in [6.45, 7) is 0. The SMILES string of the molecule is O=S(=O)([O-])CNc1ccc2c(O)c(N=Nc3cc(Nc4cc(F)nc(F)n4)ccc3S(=O)(=O)[O-])c(SOO[O-])cc2c1N=Nc1ccc(S(=O)(=O)[O-])cc1.[Na+].[Na+].[Na+].[Na+]. The number of benzene rings is 4. The Morgan fingerprint density at radius 2 is 1.41 bits per heavy atom. The zero-order chi connectivity index (χ0) is 39.4. The monoisotopic (exact) mass is 918 g/mol. The number of rotatable bonds is 14. The Bertz CT molecular complexity index is 2650. The van der Waals surface area contributed by atoms with Gasteiger partial charge in [-0.05, 0) is 60.7 Å². The summed E-state index contributed by atoms with van der Waals surface area (Å²) in [6.07, 6.45) is -1.44. The number of fused-ring (bicyclic) bond motifs is 1. The summed E-state index contributed by atoms with van der Waals surface area (Å²) in [6, 6.07) is 11.0. The van der Waals surface area contributed by atoms with Crippen LogP contribution in [0.15, 0.2) is 102 Å². The molecule has 0 aliphatic heterocycles. The number of aromatic hydroxyl groups is 1. The summed E-state index contributed by atoms with van der Waals surface area (Å²) in [5, 5.41) is 45.7. The fourth-order valence-electron chi connectivity index (χ4n) is 4.41. The predicted octanol–water partition coefficient (Wildman–Crippen LogP) is -7.84. The first kappa shape index (κ1) is 54.7. The summed E-state index contributed by atoms with van der Waals surface area (Å²) >= 11 is 0.128. The molecule has 0 amide bonds. The average molecular weight is 919 g/mol. The molecule has 0 unspecified atom stereocenters. The van der Waals surface area contributed by atoms with Crippen molar-refractivity contribution < 1.29 is 186 Å². The molecule has 0 fully saturated rings. The van der Waals surface area contributed by atoms with Gasteiger partial charge >= 0.3 is 124 Å². The van der Waals surface area contributed by atoms with E-state index in [-0.39, 0.29) is 169 Å². The molecule has 5 rings (SSSR count). The van der Waals surface area contributed by atoms with Crippen molar-refractivity contribution in [3.05, 3.63) is 78.8 Å². The van der Waals surface area contributed by atoms with Gasteiger partial charge in [-0.25, -0.2) is 25.3 Å². The Labute approximate surface area is 419 Å². The minimum atomic E-state index is -5.25. The molecule has 0 aliphatic carbocycles. The van der Waals surface area contributed by atoms with E-state index in [1.54, 1.807) is 0 Å². The fourth-order valence-corrected chi connectivity index (χ4v) is 6.28. The average Bonchev–Trinajstić information content (AvgIpc) is 3.07. The standard InChI is InChI=1S/C27H20F2N8O13S4.4Na/c28-22-11-23(33-27(29)32-22)31-14-3-8-21(54(46,47)48)19(9-14)35-37-25-20(51-50-49-39)10-17-16(26(25)38)6-7-18(30-12-52(40,41)42)24(17)36-34-13-1-4-15(5-2-13)53(43,44)45;;;;/h1-11,30,38-39H,12H2,(H,31,32,33)(H,40,41,42)(H,43,44,45)(H,46,47,48);;;;/q;4*+1/p-4. The largest absolute Gasteiger partial charge is 1.00 e. The van der Waals surface area contributed by atoms with Crippen molar-refractivity contribution in [2.45, 2.75) is 14.7 Å². The van der Waals surface area contributed by atoms with Crippen molar-refractivity contribution in [2.24, 2.45) is 20.5 Å². The van der Waals surface area contributed by atoms with E-state index in [4.69, 9.17) is 0 Å². The zero-order valence-corrected chi connectivity index (χ0v) is 41.2. The molecule has 31 heteroatoms. The third-order valence-electron chi connectivity index (χ3n) is 6.61. The maximum Gasteiger partial charge on any atom is 1.00 e. The summed E-state index contributed by atoms with van der Waals surface area (Å²) < 4.78 is 136. The topological polar surface area (TPSA) is 333 Å². The van der Waals surface area contributed by atoms with Gasteiger partial charge in [0.25, 0.3) is 0 Å². The molecule has 0 spiro atoms. The van der Waals surface area contributed by atoms with Gasteiger partial charge in [-0.1, -0.05) is 0 Å². The van der Waals surface area contributed by atoms with Crippen LogP contribution in [0.1, 0.15) is 0 Å². The van der Waals surface area contributed by atoms with Crippen LogP contribution in [0.4, 0.5) is 48.7 Å². The predicted molar refractivity (Wildman–Crippen MR) is 174 cm³/mol. The number of anilines is 3. The Morgan fingerprint density at radius 3 is 2.00 bits per heavy atom. The summed E-state index contributed by atoms with van der Waals surface area (Å²) in [7, 11) is -14.9. The van der Waals surface area contributed by atoms with Crippen molar-refractivity contribution >= 4 is 93.1 Å². The van der Waals surface area contributed by atoms with Crippen molar-refractivity contribution in [2.75, 3.05) is 16.5 Å². The molecular weight excluding hydrogens is 903 g/mol. The molecule has 4 aromatic carbocycles. The molecule has 5 aromatic rings.